The molecule has 1 heterocycles. The van der Waals surface area contributed by atoms with Crippen molar-refractivity contribution in [1.29, 1.82) is 5.26 Å². The number of aromatic nitrogens is 1. The van der Waals surface area contributed by atoms with Gasteiger partial charge in [-0.2, -0.15) is 10.2 Å². The molecule has 0 radical (unpaired) electrons. The summed E-state index contributed by atoms with van der Waals surface area (Å²) in [6.07, 6.45) is 0. The molecule has 0 saturated heterocycles. The third-order valence-corrected chi connectivity index (χ3v) is 4.24. The van der Waals surface area contributed by atoms with E-state index in [2.05, 4.69) is 16.4 Å². The van der Waals surface area contributed by atoms with Gasteiger partial charge in [-0.15, -0.1) is 0 Å². The molecule has 21 heavy (non-hydrogen) atoms. The lowest BCUT2D eigenvalue weighted by molar-refractivity contribution is 0.397. The number of aryl methyl sites for hydroxylation is 1. The van der Waals surface area contributed by atoms with E-state index in [4.69, 9.17) is 10.00 Å². The summed E-state index contributed by atoms with van der Waals surface area (Å²) >= 11 is 1.59. The molecule has 5 nitrogen and oxygen atoms in total. The summed E-state index contributed by atoms with van der Waals surface area (Å²) in [7, 11) is 5.53. The van der Waals surface area contributed by atoms with Crippen molar-refractivity contribution in [3.05, 3.63) is 34.2 Å². The van der Waals surface area contributed by atoms with Gasteiger partial charge in [-0.05, 0) is 24.6 Å². The van der Waals surface area contributed by atoms with Gasteiger partial charge in [0.05, 0.1) is 30.2 Å². The smallest absolute Gasteiger partial charge is 0.231 e. The minimum Gasteiger partial charge on any atom is -0.480 e. The van der Waals surface area contributed by atoms with E-state index in [1.54, 1.807) is 18.4 Å². The highest BCUT2D eigenvalue weighted by Gasteiger charge is 2.13. The maximum atomic E-state index is 8.97. The van der Waals surface area contributed by atoms with E-state index >= 15 is 0 Å². The molecular formula is C15H18N4OS. The van der Waals surface area contributed by atoms with Crippen LogP contribution in [-0.2, 0) is 6.54 Å². The summed E-state index contributed by atoms with van der Waals surface area (Å²) in [5.41, 5.74) is 2.70. The van der Waals surface area contributed by atoms with Crippen LogP contribution in [0.4, 0.5) is 10.8 Å². The molecule has 1 aromatic carbocycles. The maximum Gasteiger partial charge on any atom is 0.231 e. The zero-order chi connectivity index (χ0) is 15.4. The number of methoxy groups -OCH3 is 1. The van der Waals surface area contributed by atoms with Crippen LogP contribution in [0.15, 0.2) is 18.2 Å². The summed E-state index contributed by atoms with van der Waals surface area (Å²) < 4.78 is 5.32. The fourth-order valence-corrected chi connectivity index (χ4v) is 2.74. The Morgan fingerprint density at radius 3 is 2.81 bits per heavy atom. The molecule has 0 saturated carbocycles. The van der Waals surface area contributed by atoms with Gasteiger partial charge < -0.3 is 15.0 Å². The van der Waals surface area contributed by atoms with E-state index in [1.807, 2.05) is 44.1 Å². The van der Waals surface area contributed by atoms with Crippen LogP contribution in [0.2, 0.25) is 0 Å². The van der Waals surface area contributed by atoms with Gasteiger partial charge in [-0.3, -0.25) is 0 Å². The first kappa shape index (κ1) is 15.1. The lowest BCUT2D eigenvalue weighted by atomic mass is 10.1. The second-order valence-electron chi connectivity index (χ2n) is 4.82. The van der Waals surface area contributed by atoms with Crippen LogP contribution in [-0.4, -0.2) is 26.2 Å². The number of rotatable bonds is 5. The van der Waals surface area contributed by atoms with E-state index < -0.39 is 0 Å². The van der Waals surface area contributed by atoms with E-state index in [1.165, 1.54) is 0 Å². The second kappa shape index (κ2) is 6.46. The van der Waals surface area contributed by atoms with Crippen molar-refractivity contribution in [1.82, 2.24) is 4.98 Å². The Bertz CT molecular complexity index is 673. The van der Waals surface area contributed by atoms with Crippen LogP contribution in [0.1, 0.15) is 16.0 Å². The van der Waals surface area contributed by atoms with E-state index in [0.717, 1.165) is 21.3 Å². The molecule has 0 aliphatic heterocycles. The molecule has 2 rings (SSSR count). The normalized spacial score (nSPS) is 10.0. The Labute approximate surface area is 128 Å². The number of thiazole rings is 1. The van der Waals surface area contributed by atoms with Crippen LogP contribution >= 0.6 is 11.3 Å². The van der Waals surface area contributed by atoms with Crippen molar-refractivity contribution in [2.24, 2.45) is 0 Å². The molecule has 0 atom stereocenters. The highest BCUT2D eigenvalue weighted by atomic mass is 32.1. The van der Waals surface area contributed by atoms with Crippen LogP contribution in [0.3, 0.4) is 0 Å². The van der Waals surface area contributed by atoms with Crippen molar-refractivity contribution in [2.75, 3.05) is 31.4 Å². The van der Waals surface area contributed by atoms with Crippen LogP contribution in [0.25, 0.3) is 0 Å². The summed E-state index contributed by atoms with van der Waals surface area (Å²) in [5, 5.41) is 13.2. The van der Waals surface area contributed by atoms with Crippen molar-refractivity contribution in [3.63, 3.8) is 0 Å². The molecule has 6 heteroatoms. The Hall–Kier alpha value is -2.26. The molecule has 0 amide bonds. The van der Waals surface area contributed by atoms with Gasteiger partial charge in [0.1, 0.15) is 0 Å². The number of nitriles is 1. The molecule has 0 bridgehead atoms. The second-order valence-corrected chi connectivity index (χ2v) is 5.88. The molecule has 1 aromatic heterocycles. The molecule has 0 spiro atoms. The van der Waals surface area contributed by atoms with Crippen molar-refractivity contribution < 1.29 is 4.74 Å². The first-order chi connectivity index (χ1) is 10.0. The number of hydrogen-bond acceptors (Lipinski definition) is 6. The fraction of sp³-hybridized carbons (Fsp3) is 0.333. The summed E-state index contributed by atoms with van der Waals surface area (Å²) in [4.78, 5) is 7.41. The fourth-order valence-electron chi connectivity index (χ4n) is 1.85. The molecule has 1 N–H and O–H groups in total. The van der Waals surface area contributed by atoms with Crippen LogP contribution < -0.4 is 15.0 Å². The molecule has 0 aliphatic carbocycles. The monoisotopic (exact) mass is 302 g/mol. The lowest BCUT2D eigenvalue weighted by Crippen LogP contribution is -2.07. The van der Waals surface area contributed by atoms with Crippen molar-refractivity contribution in [2.45, 2.75) is 13.5 Å². The van der Waals surface area contributed by atoms with Gasteiger partial charge in [0, 0.05) is 19.8 Å². The molecule has 2 aromatic rings. The van der Waals surface area contributed by atoms with Gasteiger partial charge in [0.25, 0.3) is 0 Å². The van der Waals surface area contributed by atoms with E-state index in [9.17, 15) is 0 Å². The van der Waals surface area contributed by atoms with Gasteiger partial charge in [0.2, 0.25) is 5.88 Å². The van der Waals surface area contributed by atoms with Crippen molar-refractivity contribution >= 4 is 22.2 Å². The highest BCUT2D eigenvalue weighted by molar-refractivity contribution is 7.15. The first-order valence-electron chi connectivity index (χ1n) is 6.50. The number of benzene rings is 1. The average molecular weight is 302 g/mol. The Morgan fingerprint density at radius 1 is 1.43 bits per heavy atom. The van der Waals surface area contributed by atoms with E-state index in [0.29, 0.717) is 18.0 Å². The number of anilines is 2. The topological polar surface area (TPSA) is 61.2 Å². The number of ether oxygens (including phenoxy) is 1. The summed E-state index contributed by atoms with van der Waals surface area (Å²) in [6, 6.07) is 7.77. The van der Waals surface area contributed by atoms with Gasteiger partial charge in [0.15, 0.2) is 5.13 Å². The number of nitrogens with zero attached hydrogens (tertiary/aromatic N) is 3. The minimum absolute atomic E-state index is 0.615. The average Bonchev–Trinajstić information content (AvgIpc) is 2.90. The van der Waals surface area contributed by atoms with Gasteiger partial charge in [-0.1, -0.05) is 17.4 Å². The Morgan fingerprint density at radius 2 is 2.19 bits per heavy atom. The van der Waals surface area contributed by atoms with Gasteiger partial charge >= 0.3 is 0 Å². The molecular weight excluding hydrogens is 284 g/mol. The van der Waals surface area contributed by atoms with Crippen LogP contribution in [0, 0.1) is 18.3 Å². The number of hydrogen-bond donors (Lipinski definition) is 1. The zero-order valence-electron chi connectivity index (χ0n) is 12.6. The SMILES string of the molecule is COc1nc(N(C)C)sc1CNc1cc(C#N)ccc1C. The van der Waals surface area contributed by atoms with Crippen LogP contribution in [0.5, 0.6) is 5.88 Å². The first-order valence-corrected chi connectivity index (χ1v) is 7.32. The lowest BCUT2D eigenvalue weighted by Gasteiger charge is -2.09. The third kappa shape index (κ3) is 3.44. The molecule has 110 valence electrons. The Kier molecular flexibility index (Phi) is 4.66. The third-order valence-electron chi connectivity index (χ3n) is 3.03. The number of nitrogens with one attached hydrogen (secondary N) is 1. The molecule has 0 fully saturated rings. The van der Waals surface area contributed by atoms with E-state index in [-0.39, 0.29) is 0 Å². The summed E-state index contributed by atoms with van der Waals surface area (Å²) in [5.74, 6) is 0.644. The maximum absolute atomic E-state index is 8.97. The summed E-state index contributed by atoms with van der Waals surface area (Å²) in [6.45, 7) is 2.63. The highest BCUT2D eigenvalue weighted by Crippen LogP contribution is 2.31. The molecule has 0 aliphatic rings. The predicted molar refractivity (Wildman–Crippen MR) is 86.2 cm³/mol. The minimum atomic E-state index is 0.615. The standard InChI is InChI=1S/C15H18N4OS/c1-10-5-6-11(8-16)7-12(10)17-9-13-14(20-4)18-15(21-13)19(2)3/h5-7,17H,9H2,1-4H3. The Balaban J connectivity index is 2.18. The zero-order valence-corrected chi connectivity index (χ0v) is 13.4. The van der Waals surface area contributed by atoms with Crippen molar-refractivity contribution in [3.8, 4) is 11.9 Å². The predicted octanol–water partition coefficient (Wildman–Crippen LogP) is 3.01. The van der Waals surface area contributed by atoms with Gasteiger partial charge in [-0.25, -0.2) is 0 Å². The largest absolute Gasteiger partial charge is 0.480 e. The molecule has 0 unspecified atom stereocenters. The quantitative estimate of drug-likeness (QED) is 0.920.